The van der Waals surface area contributed by atoms with Gasteiger partial charge in [0.2, 0.25) is 0 Å². The topological polar surface area (TPSA) is 55.6 Å². The molecule has 1 atom stereocenters. The van der Waals surface area contributed by atoms with Gasteiger partial charge < -0.3 is 5.32 Å². The zero-order valence-electron chi connectivity index (χ0n) is 10.2. The van der Waals surface area contributed by atoms with E-state index in [4.69, 9.17) is 0 Å². The van der Waals surface area contributed by atoms with Crippen LogP contribution in [-0.2, 0) is 0 Å². The minimum atomic E-state index is 0.358. The average Bonchev–Trinajstić information content (AvgIpc) is 2.70. The van der Waals surface area contributed by atoms with Crippen LogP contribution >= 0.6 is 0 Å². The van der Waals surface area contributed by atoms with Gasteiger partial charge in [-0.25, -0.2) is 14.6 Å². The Kier molecular flexibility index (Phi) is 2.77. The third-order valence-electron chi connectivity index (χ3n) is 2.81. The van der Waals surface area contributed by atoms with Crippen molar-refractivity contribution in [2.45, 2.75) is 33.2 Å². The molecular weight excluding hydrogens is 202 g/mol. The molecule has 0 saturated carbocycles. The molecular formula is C11H17N5. The Balaban J connectivity index is 2.67. The second-order valence-electron chi connectivity index (χ2n) is 3.95. The first-order valence-electron chi connectivity index (χ1n) is 5.57. The highest BCUT2D eigenvalue weighted by Crippen LogP contribution is 2.22. The Labute approximate surface area is 94.9 Å². The van der Waals surface area contributed by atoms with Gasteiger partial charge in [-0.2, -0.15) is 5.10 Å². The van der Waals surface area contributed by atoms with Crippen LogP contribution in [0.25, 0.3) is 11.0 Å². The molecule has 0 fully saturated rings. The second kappa shape index (κ2) is 4.08. The van der Waals surface area contributed by atoms with Crippen LogP contribution in [-0.4, -0.2) is 26.8 Å². The Morgan fingerprint density at radius 3 is 2.81 bits per heavy atom. The van der Waals surface area contributed by atoms with E-state index in [1.807, 2.05) is 24.9 Å². The lowest BCUT2D eigenvalue weighted by molar-refractivity contribution is 0.489. The molecule has 2 rings (SSSR count). The molecule has 0 aliphatic rings. The fourth-order valence-electron chi connectivity index (χ4n) is 1.72. The molecule has 0 spiro atoms. The summed E-state index contributed by atoms with van der Waals surface area (Å²) in [6, 6.07) is 0.358. The molecule has 0 aliphatic carbocycles. The normalized spacial score (nSPS) is 13.0. The highest BCUT2D eigenvalue weighted by Gasteiger charge is 2.13. The summed E-state index contributed by atoms with van der Waals surface area (Å²) in [6.07, 6.45) is 2.86. The van der Waals surface area contributed by atoms with Gasteiger partial charge in [0.05, 0.1) is 17.6 Å². The molecule has 0 aliphatic heterocycles. The van der Waals surface area contributed by atoms with E-state index in [0.29, 0.717) is 6.04 Å². The molecule has 1 unspecified atom stereocenters. The molecule has 5 nitrogen and oxygen atoms in total. The van der Waals surface area contributed by atoms with Crippen LogP contribution in [0.5, 0.6) is 0 Å². The Bertz CT molecular complexity index is 502. The third-order valence-corrected chi connectivity index (χ3v) is 2.81. The van der Waals surface area contributed by atoms with Gasteiger partial charge in [0.1, 0.15) is 11.6 Å². The maximum absolute atomic E-state index is 4.46. The van der Waals surface area contributed by atoms with Gasteiger partial charge in [0, 0.05) is 7.05 Å². The maximum Gasteiger partial charge on any atom is 0.163 e. The van der Waals surface area contributed by atoms with Gasteiger partial charge in [-0.15, -0.1) is 0 Å². The van der Waals surface area contributed by atoms with E-state index in [2.05, 4.69) is 34.2 Å². The van der Waals surface area contributed by atoms with Crippen molar-refractivity contribution in [1.82, 2.24) is 19.7 Å². The highest BCUT2D eigenvalue weighted by atomic mass is 15.3. The zero-order valence-corrected chi connectivity index (χ0v) is 10.2. The summed E-state index contributed by atoms with van der Waals surface area (Å²) in [7, 11) is 1.86. The largest absolute Gasteiger partial charge is 0.372 e. The van der Waals surface area contributed by atoms with E-state index in [1.54, 1.807) is 0 Å². The van der Waals surface area contributed by atoms with Gasteiger partial charge in [-0.1, -0.05) is 6.92 Å². The van der Waals surface area contributed by atoms with Crippen molar-refractivity contribution >= 4 is 16.9 Å². The van der Waals surface area contributed by atoms with Crippen LogP contribution in [0.15, 0.2) is 6.20 Å². The van der Waals surface area contributed by atoms with Gasteiger partial charge in [0.25, 0.3) is 0 Å². The van der Waals surface area contributed by atoms with Crippen LogP contribution < -0.4 is 5.32 Å². The van der Waals surface area contributed by atoms with Crippen LogP contribution in [0.4, 0.5) is 5.82 Å². The lowest BCUT2D eigenvalue weighted by Crippen LogP contribution is -2.07. The van der Waals surface area contributed by atoms with Crippen LogP contribution in [0.2, 0.25) is 0 Å². The number of aromatic nitrogens is 4. The molecule has 86 valence electrons. The molecule has 0 aromatic carbocycles. The molecule has 5 heteroatoms. The van der Waals surface area contributed by atoms with E-state index >= 15 is 0 Å². The maximum atomic E-state index is 4.46. The SMILES string of the molecule is CCC(C)n1ncc2c(NC)nc(C)nc21. The molecule has 0 amide bonds. The minimum absolute atomic E-state index is 0.358. The number of anilines is 1. The van der Waals surface area contributed by atoms with E-state index in [1.165, 1.54) is 0 Å². The Hall–Kier alpha value is -1.65. The Morgan fingerprint density at radius 1 is 1.44 bits per heavy atom. The van der Waals surface area contributed by atoms with Crippen molar-refractivity contribution < 1.29 is 0 Å². The van der Waals surface area contributed by atoms with E-state index in [-0.39, 0.29) is 0 Å². The monoisotopic (exact) mass is 219 g/mol. The molecule has 16 heavy (non-hydrogen) atoms. The van der Waals surface area contributed by atoms with Gasteiger partial charge in [0.15, 0.2) is 5.65 Å². The van der Waals surface area contributed by atoms with Crippen molar-refractivity contribution in [3.8, 4) is 0 Å². The molecule has 2 aromatic heterocycles. The number of aryl methyl sites for hydroxylation is 1. The first kappa shape index (κ1) is 10.9. The summed E-state index contributed by atoms with van der Waals surface area (Å²) in [5.74, 6) is 1.61. The van der Waals surface area contributed by atoms with Crippen molar-refractivity contribution in [3.05, 3.63) is 12.0 Å². The quantitative estimate of drug-likeness (QED) is 0.859. The van der Waals surface area contributed by atoms with Crippen molar-refractivity contribution in [2.24, 2.45) is 0 Å². The molecule has 0 saturated heterocycles. The third kappa shape index (κ3) is 1.62. The van der Waals surface area contributed by atoms with Crippen molar-refractivity contribution in [1.29, 1.82) is 0 Å². The number of hydrogen-bond donors (Lipinski definition) is 1. The first-order chi connectivity index (χ1) is 7.67. The van der Waals surface area contributed by atoms with E-state index in [0.717, 1.165) is 29.1 Å². The molecule has 1 N–H and O–H groups in total. The number of nitrogens with zero attached hydrogens (tertiary/aromatic N) is 4. The van der Waals surface area contributed by atoms with Crippen LogP contribution in [0, 0.1) is 6.92 Å². The lowest BCUT2D eigenvalue weighted by Gasteiger charge is -2.10. The summed E-state index contributed by atoms with van der Waals surface area (Å²) in [5.41, 5.74) is 0.909. The molecule has 0 bridgehead atoms. The summed E-state index contributed by atoms with van der Waals surface area (Å²) in [4.78, 5) is 8.81. The zero-order chi connectivity index (χ0) is 11.7. The second-order valence-corrected chi connectivity index (χ2v) is 3.95. The number of hydrogen-bond acceptors (Lipinski definition) is 4. The van der Waals surface area contributed by atoms with E-state index in [9.17, 15) is 0 Å². The number of fused-ring (bicyclic) bond motifs is 1. The number of rotatable bonds is 3. The van der Waals surface area contributed by atoms with Gasteiger partial charge >= 0.3 is 0 Å². The van der Waals surface area contributed by atoms with Crippen molar-refractivity contribution in [3.63, 3.8) is 0 Å². The van der Waals surface area contributed by atoms with Crippen LogP contribution in [0.1, 0.15) is 32.1 Å². The lowest BCUT2D eigenvalue weighted by atomic mass is 10.2. The molecule has 2 aromatic rings. The highest BCUT2D eigenvalue weighted by molar-refractivity contribution is 5.86. The molecule has 2 heterocycles. The van der Waals surface area contributed by atoms with Crippen LogP contribution in [0.3, 0.4) is 0 Å². The summed E-state index contributed by atoms with van der Waals surface area (Å²) < 4.78 is 1.96. The van der Waals surface area contributed by atoms with Crippen molar-refractivity contribution in [2.75, 3.05) is 12.4 Å². The Morgan fingerprint density at radius 2 is 2.19 bits per heavy atom. The fraction of sp³-hybridized carbons (Fsp3) is 0.545. The van der Waals surface area contributed by atoms with Gasteiger partial charge in [-0.3, -0.25) is 0 Å². The predicted octanol–water partition coefficient (Wildman–Crippen LogP) is 2.15. The van der Waals surface area contributed by atoms with Gasteiger partial charge in [-0.05, 0) is 20.3 Å². The number of nitrogens with one attached hydrogen (secondary N) is 1. The summed E-state index contributed by atoms with van der Waals surface area (Å²) in [5, 5.41) is 8.45. The summed E-state index contributed by atoms with van der Waals surface area (Å²) >= 11 is 0. The first-order valence-corrected chi connectivity index (χ1v) is 5.57. The standard InChI is InChI=1S/C11H17N5/c1-5-7(2)16-11-9(6-13-16)10(12-4)14-8(3)15-11/h6-7H,5H2,1-4H3,(H,12,14,15). The van der Waals surface area contributed by atoms with E-state index < -0.39 is 0 Å². The summed E-state index contributed by atoms with van der Waals surface area (Å²) in [6.45, 7) is 6.18. The fourth-order valence-corrected chi connectivity index (χ4v) is 1.72. The predicted molar refractivity (Wildman–Crippen MR) is 64.6 cm³/mol. The molecule has 0 radical (unpaired) electrons. The smallest absolute Gasteiger partial charge is 0.163 e. The minimum Gasteiger partial charge on any atom is -0.372 e. The average molecular weight is 219 g/mol.